The minimum Gasteiger partial charge on any atom is -0.379 e. The van der Waals surface area contributed by atoms with Crippen molar-refractivity contribution in [2.24, 2.45) is 0 Å². The molecule has 1 amide bonds. The summed E-state index contributed by atoms with van der Waals surface area (Å²) in [4.78, 5) is 23.7. The van der Waals surface area contributed by atoms with Gasteiger partial charge in [0.25, 0.3) is 5.69 Å². The fourth-order valence-corrected chi connectivity index (χ4v) is 2.18. The summed E-state index contributed by atoms with van der Waals surface area (Å²) in [5, 5.41) is 10.7. The van der Waals surface area contributed by atoms with Crippen molar-refractivity contribution in [2.75, 3.05) is 30.4 Å². The lowest BCUT2D eigenvalue weighted by Crippen LogP contribution is -2.30. The molecule has 0 aromatic heterocycles. The predicted octanol–water partition coefficient (Wildman–Crippen LogP) is 1.43. The van der Waals surface area contributed by atoms with Crippen LogP contribution in [0.25, 0.3) is 0 Å². The highest BCUT2D eigenvalue weighted by Gasteiger charge is 2.28. The van der Waals surface area contributed by atoms with Gasteiger partial charge in [0.2, 0.25) is 5.91 Å². The largest absolute Gasteiger partial charge is 0.379 e. The third-order valence-electron chi connectivity index (χ3n) is 2.90. The predicted molar refractivity (Wildman–Crippen MR) is 73.8 cm³/mol. The molecule has 1 heterocycles. The van der Waals surface area contributed by atoms with Crippen LogP contribution in [0.15, 0.2) is 18.2 Å². The molecule has 19 heavy (non-hydrogen) atoms. The van der Waals surface area contributed by atoms with Crippen LogP contribution in [0.5, 0.6) is 0 Å². The Balaban J connectivity index is 2.09. The van der Waals surface area contributed by atoms with Gasteiger partial charge in [0.15, 0.2) is 0 Å². The normalized spacial score (nSPS) is 13.7. The molecule has 0 atom stereocenters. The molecular formula is C12H14N2O4S. The fourth-order valence-electron chi connectivity index (χ4n) is 2.05. The number of thiol groups is 1. The maximum absolute atomic E-state index is 11.9. The van der Waals surface area contributed by atoms with Crippen molar-refractivity contribution in [2.45, 2.75) is 6.42 Å². The second-order valence-corrected chi connectivity index (χ2v) is 4.58. The topological polar surface area (TPSA) is 72.7 Å². The standard InChI is InChI=1S/C12H14N2O4S/c15-12-8-9-7-10(14(16)17)1-2-11(9)13(12)3-4-18-5-6-19/h1-2,7,19H,3-6,8H2. The van der Waals surface area contributed by atoms with Gasteiger partial charge in [0.05, 0.1) is 24.6 Å². The first-order valence-corrected chi connectivity index (χ1v) is 6.53. The molecule has 1 aliphatic heterocycles. The molecular weight excluding hydrogens is 268 g/mol. The Bertz CT molecular complexity index is 507. The highest BCUT2D eigenvalue weighted by atomic mass is 32.1. The van der Waals surface area contributed by atoms with Gasteiger partial charge in [-0.15, -0.1) is 0 Å². The lowest BCUT2D eigenvalue weighted by Gasteiger charge is -2.17. The van der Waals surface area contributed by atoms with E-state index in [1.54, 1.807) is 11.0 Å². The molecule has 0 saturated heterocycles. The highest BCUT2D eigenvalue weighted by Crippen LogP contribution is 2.31. The lowest BCUT2D eigenvalue weighted by molar-refractivity contribution is -0.384. The molecule has 0 fully saturated rings. The van der Waals surface area contributed by atoms with Crippen LogP contribution in [-0.2, 0) is 16.0 Å². The van der Waals surface area contributed by atoms with Crippen LogP contribution in [0, 0.1) is 10.1 Å². The fraction of sp³-hybridized carbons (Fsp3) is 0.417. The second-order valence-electron chi connectivity index (χ2n) is 4.13. The number of carbonyl (C=O) groups excluding carboxylic acids is 1. The molecule has 2 rings (SSSR count). The number of hydrogen-bond donors (Lipinski definition) is 1. The van der Waals surface area contributed by atoms with E-state index in [0.29, 0.717) is 31.1 Å². The molecule has 102 valence electrons. The zero-order valence-electron chi connectivity index (χ0n) is 10.2. The molecule has 0 spiro atoms. The number of anilines is 1. The average molecular weight is 282 g/mol. The van der Waals surface area contributed by atoms with E-state index in [0.717, 1.165) is 5.69 Å². The molecule has 1 aromatic carbocycles. The molecule has 0 unspecified atom stereocenters. The number of non-ortho nitro benzene ring substituents is 1. The molecule has 6 nitrogen and oxygen atoms in total. The Hall–Kier alpha value is -1.60. The van der Waals surface area contributed by atoms with Crippen molar-refractivity contribution in [3.63, 3.8) is 0 Å². The van der Waals surface area contributed by atoms with Crippen LogP contribution in [-0.4, -0.2) is 36.3 Å². The summed E-state index contributed by atoms with van der Waals surface area (Å²) in [6, 6.07) is 4.50. The summed E-state index contributed by atoms with van der Waals surface area (Å²) in [6.45, 7) is 1.43. The average Bonchev–Trinajstić information content (AvgIpc) is 2.69. The Morgan fingerprint density at radius 1 is 1.42 bits per heavy atom. The molecule has 0 aliphatic carbocycles. The third kappa shape index (κ3) is 3.05. The smallest absolute Gasteiger partial charge is 0.269 e. The minimum absolute atomic E-state index is 0.0136. The number of rotatable bonds is 6. The number of carbonyl (C=O) groups is 1. The van der Waals surface area contributed by atoms with Crippen molar-refractivity contribution in [3.8, 4) is 0 Å². The lowest BCUT2D eigenvalue weighted by atomic mass is 10.1. The molecule has 0 radical (unpaired) electrons. The van der Waals surface area contributed by atoms with Crippen LogP contribution >= 0.6 is 12.6 Å². The van der Waals surface area contributed by atoms with Gasteiger partial charge >= 0.3 is 0 Å². The first kappa shape index (κ1) is 13.8. The summed E-state index contributed by atoms with van der Waals surface area (Å²) in [7, 11) is 0. The van der Waals surface area contributed by atoms with Crippen molar-refractivity contribution in [1.82, 2.24) is 0 Å². The monoisotopic (exact) mass is 282 g/mol. The van der Waals surface area contributed by atoms with Crippen LogP contribution in [0.3, 0.4) is 0 Å². The Kier molecular flexibility index (Phi) is 4.39. The van der Waals surface area contributed by atoms with Crippen molar-refractivity contribution in [3.05, 3.63) is 33.9 Å². The van der Waals surface area contributed by atoms with Gasteiger partial charge in [0.1, 0.15) is 0 Å². The number of ether oxygens (including phenoxy) is 1. The Morgan fingerprint density at radius 2 is 2.21 bits per heavy atom. The van der Waals surface area contributed by atoms with Gasteiger partial charge in [-0.05, 0) is 11.6 Å². The summed E-state index contributed by atoms with van der Waals surface area (Å²) in [5.41, 5.74) is 1.46. The van der Waals surface area contributed by atoms with E-state index in [-0.39, 0.29) is 18.0 Å². The third-order valence-corrected chi connectivity index (χ3v) is 3.08. The summed E-state index contributed by atoms with van der Waals surface area (Å²) < 4.78 is 5.29. The summed E-state index contributed by atoms with van der Waals surface area (Å²) in [5.74, 6) is 0.585. The summed E-state index contributed by atoms with van der Waals surface area (Å²) in [6.07, 6.45) is 0.212. The number of nitro groups is 1. The van der Waals surface area contributed by atoms with E-state index in [4.69, 9.17) is 4.74 Å². The quantitative estimate of drug-likeness (QED) is 0.371. The van der Waals surface area contributed by atoms with Gasteiger partial charge in [-0.25, -0.2) is 0 Å². The van der Waals surface area contributed by atoms with Crippen LogP contribution in [0.2, 0.25) is 0 Å². The number of nitrogens with zero attached hydrogens (tertiary/aromatic N) is 2. The minimum atomic E-state index is -0.455. The van der Waals surface area contributed by atoms with Crippen LogP contribution < -0.4 is 4.90 Å². The van der Waals surface area contributed by atoms with Gasteiger partial charge in [-0.1, -0.05) is 0 Å². The zero-order chi connectivity index (χ0) is 13.8. The molecule has 0 bridgehead atoms. The number of amides is 1. The Morgan fingerprint density at radius 3 is 2.89 bits per heavy atom. The number of fused-ring (bicyclic) bond motifs is 1. The number of benzene rings is 1. The van der Waals surface area contributed by atoms with Gasteiger partial charge in [-0.2, -0.15) is 12.6 Å². The first-order valence-electron chi connectivity index (χ1n) is 5.90. The maximum Gasteiger partial charge on any atom is 0.269 e. The van der Waals surface area contributed by atoms with E-state index in [2.05, 4.69) is 12.6 Å². The van der Waals surface area contributed by atoms with Gasteiger partial charge < -0.3 is 9.64 Å². The zero-order valence-corrected chi connectivity index (χ0v) is 11.1. The van der Waals surface area contributed by atoms with Gasteiger partial charge in [-0.3, -0.25) is 14.9 Å². The van der Waals surface area contributed by atoms with Gasteiger partial charge in [0, 0.05) is 30.1 Å². The van der Waals surface area contributed by atoms with E-state index in [1.807, 2.05) is 0 Å². The summed E-state index contributed by atoms with van der Waals surface area (Å²) >= 11 is 4.03. The molecule has 0 N–H and O–H groups in total. The molecule has 1 aliphatic rings. The first-order chi connectivity index (χ1) is 9.13. The van der Waals surface area contributed by atoms with E-state index in [1.165, 1.54) is 12.1 Å². The maximum atomic E-state index is 11.9. The highest BCUT2D eigenvalue weighted by molar-refractivity contribution is 7.80. The number of nitro benzene ring substituents is 1. The van der Waals surface area contributed by atoms with E-state index in [9.17, 15) is 14.9 Å². The van der Waals surface area contributed by atoms with E-state index >= 15 is 0 Å². The van der Waals surface area contributed by atoms with Crippen molar-refractivity contribution >= 4 is 29.9 Å². The SMILES string of the molecule is O=C1Cc2cc([N+](=O)[O-])ccc2N1CCOCCS. The van der Waals surface area contributed by atoms with Crippen LogP contribution in [0.4, 0.5) is 11.4 Å². The van der Waals surface area contributed by atoms with Crippen molar-refractivity contribution in [1.29, 1.82) is 0 Å². The molecule has 1 aromatic rings. The van der Waals surface area contributed by atoms with Crippen molar-refractivity contribution < 1.29 is 14.5 Å². The van der Waals surface area contributed by atoms with Crippen LogP contribution in [0.1, 0.15) is 5.56 Å². The second kappa shape index (κ2) is 6.03. The molecule has 0 saturated carbocycles. The Labute approximate surface area is 115 Å². The van der Waals surface area contributed by atoms with E-state index < -0.39 is 4.92 Å². The number of hydrogen-bond acceptors (Lipinski definition) is 5. The molecule has 7 heteroatoms.